The van der Waals surface area contributed by atoms with E-state index in [-0.39, 0.29) is 21.8 Å². The average Bonchev–Trinajstić information content (AvgIpc) is 3.46. The van der Waals surface area contributed by atoms with Crippen LogP contribution < -0.4 is 15.2 Å². The molecule has 1 aliphatic heterocycles. The Kier molecular flexibility index (Phi) is 7.13. The first-order valence-electron chi connectivity index (χ1n) is 12.7. The molecule has 6 rings (SSSR count). The Labute approximate surface area is 242 Å². The van der Waals surface area contributed by atoms with Crippen molar-refractivity contribution in [3.8, 4) is 0 Å². The molecule has 1 unspecified atom stereocenters. The summed E-state index contributed by atoms with van der Waals surface area (Å²) in [7, 11) is 0. The second-order valence-electron chi connectivity index (χ2n) is 10.9. The smallest absolute Gasteiger partial charge is 0.260 e. The highest BCUT2D eigenvalue weighted by Gasteiger charge is 2.52. The fourth-order valence-corrected chi connectivity index (χ4v) is 8.30. The number of nitrogens with zero attached hydrogens (tertiary/aromatic N) is 5. The number of halogens is 1. The van der Waals surface area contributed by atoms with Gasteiger partial charge in [0.25, 0.3) is 5.56 Å². The Morgan fingerprint density at radius 1 is 1.21 bits per heavy atom. The second kappa shape index (κ2) is 10.3. The van der Waals surface area contributed by atoms with Crippen LogP contribution in [0.3, 0.4) is 0 Å². The van der Waals surface area contributed by atoms with E-state index < -0.39 is 11.4 Å². The molecule has 4 heterocycles. The number of hydrogen-bond donors (Lipinski definition) is 2. The van der Waals surface area contributed by atoms with E-state index in [1.165, 1.54) is 23.0 Å². The van der Waals surface area contributed by atoms with Crippen LogP contribution >= 0.6 is 34.7 Å². The zero-order valence-corrected chi connectivity index (χ0v) is 24.9. The van der Waals surface area contributed by atoms with Crippen molar-refractivity contribution in [2.75, 3.05) is 18.0 Å². The number of thiazole rings is 1. The lowest BCUT2D eigenvalue weighted by molar-refractivity contribution is 0.174. The van der Waals surface area contributed by atoms with E-state index in [0.29, 0.717) is 21.0 Å². The zero-order chi connectivity index (χ0) is 27.4. The van der Waals surface area contributed by atoms with Crippen LogP contribution in [-0.2, 0) is 17.8 Å². The summed E-state index contributed by atoms with van der Waals surface area (Å²) in [6.07, 6.45) is 7.76. The monoisotopic (exact) mass is 601 g/mol. The molecule has 2 N–H and O–H groups in total. The topological polar surface area (TPSA) is 123 Å². The van der Waals surface area contributed by atoms with Gasteiger partial charge in [0.1, 0.15) is 21.6 Å². The minimum absolute atomic E-state index is 0.00437. The highest BCUT2D eigenvalue weighted by molar-refractivity contribution is 7.99. The van der Waals surface area contributed by atoms with E-state index in [4.69, 9.17) is 16.6 Å². The van der Waals surface area contributed by atoms with Crippen molar-refractivity contribution in [2.45, 2.75) is 60.7 Å². The predicted octanol–water partition coefficient (Wildman–Crippen LogP) is 4.91. The minimum atomic E-state index is -1.18. The summed E-state index contributed by atoms with van der Waals surface area (Å²) in [6, 6.07) is 3.61. The van der Waals surface area contributed by atoms with E-state index in [2.05, 4.69) is 29.6 Å². The Balaban J connectivity index is 1.15. The Bertz CT molecular complexity index is 1560. The molecule has 4 aromatic rings. The van der Waals surface area contributed by atoms with Crippen molar-refractivity contribution in [3.63, 3.8) is 0 Å². The van der Waals surface area contributed by atoms with Gasteiger partial charge in [0.15, 0.2) is 0 Å². The van der Waals surface area contributed by atoms with Gasteiger partial charge in [-0.3, -0.25) is 4.79 Å². The van der Waals surface area contributed by atoms with Crippen molar-refractivity contribution in [2.24, 2.45) is 5.41 Å². The molecular formula is C26H28ClN7O2S3. The molecule has 2 atom stereocenters. The molecular weight excluding hydrogens is 574 g/mol. The van der Waals surface area contributed by atoms with Crippen LogP contribution in [0.15, 0.2) is 51.1 Å². The van der Waals surface area contributed by atoms with E-state index in [9.17, 15) is 9.35 Å². The summed E-state index contributed by atoms with van der Waals surface area (Å²) in [5, 5.41) is 1.41. The fourth-order valence-electron chi connectivity index (χ4n) is 5.29. The first-order chi connectivity index (χ1) is 18.6. The molecule has 1 spiro atoms. The Morgan fingerprint density at radius 2 is 2.00 bits per heavy atom. The SMILES string of the molecule is CC(C)(C)[S+]([O-])N[C@H]1c2ncsc2CC12CCN(c1cnc(Sc3ccc4nc[nH]c(=O)c4c3Cl)cn1)CC2. The van der Waals surface area contributed by atoms with E-state index >= 15 is 0 Å². The molecule has 9 nitrogen and oxygen atoms in total. The first kappa shape index (κ1) is 27.0. The van der Waals surface area contributed by atoms with Crippen LogP contribution in [0, 0.1) is 5.41 Å². The van der Waals surface area contributed by atoms with Gasteiger partial charge in [-0.05, 0) is 52.2 Å². The van der Waals surface area contributed by atoms with Gasteiger partial charge in [0.2, 0.25) is 0 Å². The number of aromatic amines is 1. The first-order valence-corrected chi connectivity index (χ1v) is 15.9. The number of hydrogen-bond acceptors (Lipinski definition) is 10. The van der Waals surface area contributed by atoms with E-state index in [0.717, 1.165) is 48.8 Å². The maximum atomic E-state index is 13.0. The van der Waals surface area contributed by atoms with Crippen molar-refractivity contribution in [1.29, 1.82) is 0 Å². The third-order valence-corrected chi connectivity index (χ3v) is 11.4. The lowest BCUT2D eigenvalue weighted by Crippen LogP contribution is -2.50. The number of aromatic nitrogens is 5. The third-order valence-electron chi connectivity index (χ3n) is 7.48. The summed E-state index contributed by atoms with van der Waals surface area (Å²) in [4.78, 5) is 37.3. The van der Waals surface area contributed by atoms with E-state index in [1.54, 1.807) is 29.8 Å². The zero-order valence-electron chi connectivity index (χ0n) is 21.7. The van der Waals surface area contributed by atoms with Crippen LogP contribution in [0.25, 0.3) is 10.9 Å². The number of H-pyrrole nitrogens is 1. The van der Waals surface area contributed by atoms with Crippen LogP contribution in [0.4, 0.5) is 5.82 Å². The number of rotatable bonds is 5. The van der Waals surface area contributed by atoms with Gasteiger partial charge in [0, 0.05) is 39.6 Å². The molecule has 3 aromatic heterocycles. The molecule has 0 saturated carbocycles. The van der Waals surface area contributed by atoms with Crippen LogP contribution in [0.1, 0.15) is 50.2 Å². The summed E-state index contributed by atoms with van der Waals surface area (Å²) in [5.74, 6) is 0.827. The molecule has 13 heteroatoms. The molecule has 1 aliphatic carbocycles. The third kappa shape index (κ3) is 5.07. The molecule has 2 aliphatic rings. The molecule has 0 radical (unpaired) electrons. The van der Waals surface area contributed by atoms with Crippen LogP contribution in [0.2, 0.25) is 5.02 Å². The number of benzene rings is 1. The summed E-state index contributed by atoms with van der Waals surface area (Å²) >= 11 is 8.42. The van der Waals surface area contributed by atoms with Crippen molar-refractivity contribution >= 4 is 62.8 Å². The number of anilines is 1. The van der Waals surface area contributed by atoms with Gasteiger partial charge in [-0.25, -0.2) is 19.9 Å². The van der Waals surface area contributed by atoms with Gasteiger partial charge < -0.3 is 14.4 Å². The quantitative estimate of drug-likeness (QED) is 0.307. The molecule has 39 heavy (non-hydrogen) atoms. The minimum Gasteiger partial charge on any atom is -0.598 e. The molecule has 1 aromatic carbocycles. The summed E-state index contributed by atoms with van der Waals surface area (Å²) < 4.78 is 16.2. The molecule has 0 bridgehead atoms. The molecule has 1 fully saturated rings. The maximum absolute atomic E-state index is 13.0. The standard InChI is InChI=1S/C26H28ClN7O2S3/c1-25(2,3)39(36)33-23-22-17(37-14-32-22)10-26(23)6-8-34(9-7-26)18-11-29-19(12-28-18)38-16-5-4-15-20(21(16)27)24(35)31-13-30-15/h4-5,11-14,23,33H,6-10H2,1-3H3,(H,30,31,35)/t23-,39?/m0/s1. The largest absolute Gasteiger partial charge is 0.598 e. The lowest BCUT2D eigenvalue weighted by Gasteiger charge is -2.43. The number of piperidine rings is 1. The van der Waals surface area contributed by atoms with E-state index in [1.807, 2.05) is 32.3 Å². The van der Waals surface area contributed by atoms with Gasteiger partial charge in [0.05, 0.1) is 45.9 Å². The van der Waals surface area contributed by atoms with Gasteiger partial charge in [-0.15, -0.1) is 16.1 Å². The van der Waals surface area contributed by atoms with Crippen molar-refractivity contribution < 1.29 is 4.55 Å². The Morgan fingerprint density at radius 3 is 2.72 bits per heavy atom. The molecule has 0 amide bonds. The summed E-state index contributed by atoms with van der Waals surface area (Å²) in [6.45, 7) is 7.65. The highest BCUT2D eigenvalue weighted by atomic mass is 35.5. The molecule has 1 saturated heterocycles. The fraction of sp³-hybridized carbons (Fsp3) is 0.423. The number of nitrogens with one attached hydrogen (secondary N) is 2. The van der Waals surface area contributed by atoms with Gasteiger partial charge in [-0.2, -0.15) is 0 Å². The normalized spacial score (nSPS) is 19.5. The maximum Gasteiger partial charge on any atom is 0.260 e. The van der Waals surface area contributed by atoms with Crippen molar-refractivity contribution in [3.05, 3.63) is 62.3 Å². The van der Waals surface area contributed by atoms with Crippen molar-refractivity contribution in [1.82, 2.24) is 29.6 Å². The average molecular weight is 602 g/mol. The Hall–Kier alpha value is -2.22. The lowest BCUT2D eigenvalue weighted by atomic mass is 9.73. The highest BCUT2D eigenvalue weighted by Crippen LogP contribution is 2.53. The van der Waals surface area contributed by atoms with Crippen LogP contribution in [-0.4, -0.2) is 47.3 Å². The van der Waals surface area contributed by atoms with Gasteiger partial charge >= 0.3 is 0 Å². The summed E-state index contributed by atoms with van der Waals surface area (Å²) in [5.41, 5.74) is 3.24. The predicted molar refractivity (Wildman–Crippen MR) is 157 cm³/mol. The molecule has 204 valence electrons. The van der Waals surface area contributed by atoms with Crippen LogP contribution in [0.5, 0.6) is 0 Å². The number of fused-ring (bicyclic) bond motifs is 2. The second-order valence-corrected chi connectivity index (χ2v) is 15.3. The van der Waals surface area contributed by atoms with Gasteiger partial charge in [-0.1, -0.05) is 23.4 Å².